The summed E-state index contributed by atoms with van der Waals surface area (Å²) in [6, 6.07) is 8.20. The molecule has 30 heavy (non-hydrogen) atoms. The van der Waals surface area contributed by atoms with E-state index in [0.717, 1.165) is 22.9 Å². The van der Waals surface area contributed by atoms with Gasteiger partial charge in [-0.3, -0.25) is 9.80 Å². The van der Waals surface area contributed by atoms with E-state index in [1.807, 2.05) is 0 Å². The maximum absolute atomic E-state index is 13.3. The second-order valence-corrected chi connectivity index (χ2v) is 6.84. The van der Waals surface area contributed by atoms with Crippen molar-refractivity contribution < 1.29 is 17.6 Å². The average Bonchev–Trinajstić information content (AvgIpc) is 2.70. The molecule has 0 radical (unpaired) electrons. The van der Waals surface area contributed by atoms with E-state index in [2.05, 4.69) is 10.2 Å². The third-order valence-corrected chi connectivity index (χ3v) is 4.64. The van der Waals surface area contributed by atoms with Crippen molar-refractivity contribution in [3.8, 4) is 5.69 Å². The lowest BCUT2D eigenvalue weighted by molar-refractivity contribution is -0.137. The Morgan fingerprint density at radius 1 is 1.17 bits per heavy atom. The van der Waals surface area contributed by atoms with Gasteiger partial charge in [0.1, 0.15) is 16.5 Å². The Balaban J connectivity index is 1.89. The van der Waals surface area contributed by atoms with Gasteiger partial charge in [0, 0.05) is 7.05 Å². The molecule has 0 fully saturated rings. The molecule has 0 aliphatic heterocycles. The first-order valence-electron chi connectivity index (χ1n) is 8.26. The second kappa shape index (κ2) is 8.45. The van der Waals surface area contributed by atoms with Crippen LogP contribution in [-0.2, 0) is 6.18 Å². The highest BCUT2D eigenvalue weighted by molar-refractivity contribution is 6.33. The van der Waals surface area contributed by atoms with E-state index in [9.17, 15) is 22.4 Å². The molecule has 11 heteroatoms. The average molecular weight is 459 g/mol. The Labute approximate surface area is 177 Å². The Bertz CT molecular complexity index is 1180. The Hall–Kier alpha value is -2.91. The van der Waals surface area contributed by atoms with E-state index >= 15 is 0 Å². The van der Waals surface area contributed by atoms with Crippen LogP contribution in [0.1, 0.15) is 11.1 Å². The zero-order chi connectivity index (χ0) is 22.1. The quantitative estimate of drug-likeness (QED) is 0.308. The van der Waals surface area contributed by atoms with Crippen molar-refractivity contribution in [1.82, 2.24) is 9.78 Å². The molecule has 0 saturated heterocycles. The van der Waals surface area contributed by atoms with Gasteiger partial charge < -0.3 is 0 Å². The summed E-state index contributed by atoms with van der Waals surface area (Å²) in [5.41, 5.74) is -0.994. The first kappa shape index (κ1) is 21.8. The Kier molecular flexibility index (Phi) is 6.14. The molecule has 1 aromatic heterocycles. The number of aromatic nitrogens is 2. The Morgan fingerprint density at radius 2 is 1.90 bits per heavy atom. The monoisotopic (exact) mass is 458 g/mol. The third-order valence-electron chi connectivity index (χ3n) is 3.99. The minimum atomic E-state index is -4.48. The number of halogens is 6. The second-order valence-electron chi connectivity index (χ2n) is 6.05. The van der Waals surface area contributed by atoms with Gasteiger partial charge in [0.15, 0.2) is 0 Å². The molecule has 3 aromatic rings. The van der Waals surface area contributed by atoms with Crippen molar-refractivity contribution in [3.05, 3.63) is 86.0 Å². The van der Waals surface area contributed by atoms with E-state index in [1.165, 1.54) is 48.7 Å². The molecular weight excluding hydrogens is 447 g/mol. The topological polar surface area (TPSA) is 50.5 Å². The molecule has 2 aromatic carbocycles. The van der Waals surface area contributed by atoms with E-state index in [4.69, 9.17) is 23.2 Å². The molecule has 3 rings (SSSR count). The molecule has 0 aliphatic rings. The molecule has 0 saturated carbocycles. The van der Waals surface area contributed by atoms with Gasteiger partial charge in [-0.1, -0.05) is 35.3 Å². The van der Waals surface area contributed by atoms with E-state index < -0.39 is 23.1 Å². The van der Waals surface area contributed by atoms with Crippen molar-refractivity contribution in [2.45, 2.75) is 6.18 Å². The normalized spacial score (nSPS) is 11.8. The van der Waals surface area contributed by atoms with E-state index in [0.29, 0.717) is 0 Å². The van der Waals surface area contributed by atoms with Crippen LogP contribution in [0, 0.1) is 5.82 Å². The highest BCUT2D eigenvalue weighted by Crippen LogP contribution is 2.29. The van der Waals surface area contributed by atoms with E-state index in [1.54, 1.807) is 0 Å². The van der Waals surface area contributed by atoms with Gasteiger partial charge in [-0.15, -0.1) is 0 Å². The van der Waals surface area contributed by atoms with Crippen LogP contribution in [0.5, 0.6) is 0 Å². The first-order valence-corrected chi connectivity index (χ1v) is 9.02. The van der Waals surface area contributed by atoms with Crippen molar-refractivity contribution in [3.63, 3.8) is 0 Å². The van der Waals surface area contributed by atoms with Crippen molar-refractivity contribution >= 4 is 35.1 Å². The van der Waals surface area contributed by atoms with Crippen molar-refractivity contribution in [2.24, 2.45) is 5.10 Å². The lowest BCUT2D eigenvalue weighted by atomic mass is 10.1. The maximum atomic E-state index is 13.3. The number of alkyl halides is 3. The molecule has 5 nitrogen and oxygen atoms in total. The largest absolute Gasteiger partial charge is 0.416 e. The summed E-state index contributed by atoms with van der Waals surface area (Å²) in [6.45, 7) is 0. The van der Waals surface area contributed by atoms with Crippen LogP contribution in [0.3, 0.4) is 0 Å². The summed E-state index contributed by atoms with van der Waals surface area (Å²) in [5, 5.41) is 8.75. The number of rotatable bonds is 4. The van der Waals surface area contributed by atoms with Crippen LogP contribution in [0.25, 0.3) is 5.69 Å². The highest BCUT2D eigenvalue weighted by atomic mass is 35.5. The fourth-order valence-corrected chi connectivity index (χ4v) is 2.89. The fourth-order valence-electron chi connectivity index (χ4n) is 2.46. The van der Waals surface area contributed by atoms with Gasteiger partial charge in [-0.25, -0.2) is 4.39 Å². The molecule has 0 bridgehead atoms. The number of nitrogens with zero attached hydrogens (tertiary/aromatic N) is 4. The summed E-state index contributed by atoms with van der Waals surface area (Å²) < 4.78 is 52.7. The zero-order valence-corrected chi connectivity index (χ0v) is 16.7. The molecule has 0 unspecified atom stereocenters. The van der Waals surface area contributed by atoms with E-state index in [-0.39, 0.29) is 27.0 Å². The van der Waals surface area contributed by atoms with Gasteiger partial charge in [-0.2, -0.15) is 28.1 Å². The molecule has 0 amide bonds. The molecule has 0 N–H and O–H groups in total. The predicted octanol–water partition coefficient (Wildman–Crippen LogP) is 5.17. The summed E-state index contributed by atoms with van der Waals surface area (Å²) in [5.74, 6) is -0.653. The fraction of sp³-hybridized carbons (Fsp3) is 0.105. The van der Waals surface area contributed by atoms with Crippen molar-refractivity contribution in [2.75, 3.05) is 12.1 Å². The van der Waals surface area contributed by atoms with Crippen LogP contribution < -0.4 is 10.6 Å². The van der Waals surface area contributed by atoms with Crippen LogP contribution in [0.4, 0.5) is 23.2 Å². The summed E-state index contributed by atoms with van der Waals surface area (Å²) in [7, 11) is 1.45. The van der Waals surface area contributed by atoms with Gasteiger partial charge in [0.25, 0.3) is 5.56 Å². The van der Waals surface area contributed by atoms with Crippen LogP contribution in [0.15, 0.2) is 58.6 Å². The first-order chi connectivity index (χ1) is 14.1. The van der Waals surface area contributed by atoms with Gasteiger partial charge in [-0.05, 0) is 35.9 Å². The maximum Gasteiger partial charge on any atom is 0.416 e. The standard InChI is InChI=1S/C19H12Cl2F4N4O/c1-28(26-9-11-3-2-4-12(7-11)19(23,24)25)16-10-27-29(18(30)17(16)21)13-5-6-15(22)14(20)8-13/h2-10H,1H3/b26-9+. The smallest absolute Gasteiger partial charge is 0.266 e. The number of anilines is 1. The number of hydrogen-bond donors (Lipinski definition) is 0. The molecule has 0 atom stereocenters. The number of hydrazone groups is 1. The summed E-state index contributed by atoms with van der Waals surface area (Å²) in [6.07, 6.45) is -2.04. The zero-order valence-electron chi connectivity index (χ0n) is 15.2. The number of benzene rings is 2. The molecule has 1 heterocycles. The van der Waals surface area contributed by atoms with Crippen LogP contribution in [0.2, 0.25) is 10.0 Å². The Morgan fingerprint density at radius 3 is 2.57 bits per heavy atom. The molecular formula is C19H12Cl2F4N4O. The van der Waals surface area contributed by atoms with Gasteiger partial charge in [0.2, 0.25) is 0 Å². The number of hydrogen-bond acceptors (Lipinski definition) is 4. The van der Waals surface area contributed by atoms with Gasteiger partial charge in [0.05, 0.1) is 28.7 Å². The van der Waals surface area contributed by atoms with Crippen LogP contribution >= 0.6 is 23.2 Å². The predicted molar refractivity (Wildman–Crippen MR) is 107 cm³/mol. The lowest BCUT2D eigenvalue weighted by Crippen LogP contribution is -2.24. The lowest BCUT2D eigenvalue weighted by Gasteiger charge is -2.15. The van der Waals surface area contributed by atoms with Crippen LogP contribution in [-0.4, -0.2) is 23.0 Å². The minimum absolute atomic E-state index is 0.120. The molecule has 0 spiro atoms. The van der Waals surface area contributed by atoms with Gasteiger partial charge >= 0.3 is 6.18 Å². The SMILES string of the molecule is CN(/N=C/c1cccc(C(F)(F)F)c1)c1cnn(-c2ccc(F)c(Cl)c2)c(=O)c1Cl. The van der Waals surface area contributed by atoms with Crippen molar-refractivity contribution in [1.29, 1.82) is 0 Å². The highest BCUT2D eigenvalue weighted by Gasteiger charge is 2.30. The third kappa shape index (κ3) is 4.63. The molecule has 156 valence electrons. The minimum Gasteiger partial charge on any atom is -0.266 e. The summed E-state index contributed by atoms with van der Waals surface area (Å²) in [4.78, 5) is 12.5. The summed E-state index contributed by atoms with van der Waals surface area (Å²) >= 11 is 11.9. The molecule has 0 aliphatic carbocycles.